The predicted octanol–water partition coefficient (Wildman–Crippen LogP) is 6.83. The standard InChI is InChI=1S/C41H43N3O10/c1-47-34-14-5-10-30(20-34)24-43(25-31-11-6-15-35(21-31)48-2)40(46)53-29-52-38-18-9-19-39(42-38)54-41(51-28-45)44(26-32-12-7-16-36(22-32)49-3)27-33-13-8-17-37(23-33)50-4/h5-23,28,41H,24-27,29H2,1-4H3. The van der Waals surface area contributed by atoms with Gasteiger partial charge in [0.05, 0.1) is 28.4 Å². The van der Waals surface area contributed by atoms with Gasteiger partial charge in [-0.2, -0.15) is 4.98 Å². The highest BCUT2D eigenvalue weighted by Crippen LogP contribution is 2.24. The van der Waals surface area contributed by atoms with E-state index in [1.54, 1.807) is 51.5 Å². The molecule has 1 heterocycles. The maximum absolute atomic E-state index is 13.4. The van der Waals surface area contributed by atoms with Gasteiger partial charge in [0.25, 0.3) is 6.47 Å². The van der Waals surface area contributed by atoms with Crippen LogP contribution in [0, 0.1) is 0 Å². The number of hydrogen-bond acceptors (Lipinski definition) is 12. The molecule has 1 atom stereocenters. The van der Waals surface area contributed by atoms with Crippen molar-refractivity contribution < 1.29 is 47.5 Å². The number of amides is 1. The number of rotatable bonds is 20. The van der Waals surface area contributed by atoms with Gasteiger partial charge in [-0.1, -0.05) is 54.6 Å². The average Bonchev–Trinajstić information content (AvgIpc) is 3.20. The average molecular weight is 738 g/mol. The van der Waals surface area contributed by atoms with Gasteiger partial charge in [0.2, 0.25) is 18.6 Å². The highest BCUT2D eigenvalue weighted by Gasteiger charge is 2.24. The van der Waals surface area contributed by atoms with Gasteiger partial charge in [-0.25, -0.2) is 9.69 Å². The molecule has 1 amide bonds. The van der Waals surface area contributed by atoms with Crippen molar-refractivity contribution in [3.05, 3.63) is 138 Å². The van der Waals surface area contributed by atoms with E-state index in [-0.39, 0.29) is 24.8 Å². The third kappa shape index (κ3) is 11.5. The monoisotopic (exact) mass is 737 g/mol. The summed E-state index contributed by atoms with van der Waals surface area (Å²) in [6.45, 7) is 1.01. The van der Waals surface area contributed by atoms with Gasteiger partial charge in [0, 0.05) is 38.3 Å². The van der Waals surface area contributed by atoms with Crippen LogP contribution in [-0.2, 0) is 40.4 Å². The lowest BCUT2D eigenvalue weighted by atomic mass is 10.1. The van der Waals surface area contributed by atoms with Gasteiger partial charge < -0.3 is 37.9 Å². The summed E-state index contributed by atoms with van der Waals surface area (Å²) in [7, 11) is 6.36. The van der Waals surface area contributed by atoms with E-state index >= 15 is 0 Å². The van der Waals surface area contributed by atoms with Crippen molar-refractivity contribution >= 4 is 12.6 Å². The normalized spacial score (nSPS) is 11.2. The highest BCUT2D eigenvalue weighted by molar-refractivity contribution is 5.67. The quantitative estimate of drug-likeness (QED) is 0.0614. The predicted molar refractivity (Wildman–Crippen MR) is 198 cm³/mol. The van der Waals surface area contributed by atoms with Gasteiger partial charge in [-0.05, 0) is 70.8 Å². The smallest absolute Gasteiger partial charge is 0.413 e. The molecule has 0 aliphatic heterocycles. The minimum atomic E-state index is -1.19. The molecule has 4 aromatic carbocycles. The van der Waals surface area contributed by atoms with Gasteiger partial charge in [0.1, 0.15) is 23.0 Å². The van der Waals surface area contributed by atoms with Crippen LogP contribution in [0.15, 0.2) is 115 Å². The van der Waals surface area contributed by atoms with E-state index in [4.69, 9.17) is 37.9 Å². The van der Waals surface area contributed by atoms with Crippen molar-refractivity contribution in [3.63, 3.8) is 0 Å². The van der Waals surface area contributed by atoms with E-state index in [1.165, 1.54) is 0 Å². The van der Waals surface area contributed by atoms with Crippen LogP contribution in [0.25, 0.3) is 0 Å². The molecule has 5 rings (SSSR count). The van der Waals surface area contributed by atoms with Crippen molar-refractivity contribution in [1.82, 2.24) is 14.8 Å². The van der Waals surface area contributed by atoms with E-state index < -0.39 is 19.3 Å². The zero-order chi connectivity index (χ0) is 38.1. The van der Waals surface area contributed by atoms with Crippen LogP contribution in [0.1, 0.15) is 22.3 Å². The second kappa shape index (κ2) is 20.0. The number of aromatic nitrogens is 1. The molecular formula is C41H43N3O10. The summed E-state index contributed by atoms with van der Waals surface area (Å²) in [6, 6.07) is 34.8. The van der Waals surface area contributed by atoms with Gasteiger partial charge in [-0.15, -0.1) is 0 Å². The fraction of sp³-hybridized carbons (Fsp3) is 0.244. The largest absolute Gasteiger partial charge is 0.497 e. The molecule has 0 aliphatic rings. The van der Waals surface area contributed by atoms with Crippen molar-refractivity contribution in [1.29, 1.82) is 0 Å². The maximum atomic E-state index is 13.4. The lowest BCUT2D eigenvalue weighted by Gasteiger charge is -2.30. The third-order valence-corrected chi connectivity index (χ3v) is 8.09. The molecule has 0 N–H and O–H groups in total. The molecule has 0 spiro atoms. The third-order valence-electron chi connectivity index (χ3n) is 8.09. The molecule has 5 aromatic rings. The van der Waals surface area contributed by atoms with E-state index in [2.05, 4.69) is 4.98 Å². The Morgan fingerprint density at radius 1 is 0.611 bits per heavy atom. The molecule has 13 nitrogen and oxygen atoms in total. The first-order chi connectivity index (χ1) is 26.4. The zero-order valence-electron chi connectivity index (χ0n) is 30.6. The summed E-state index contributed by atoms with van der Waals surface area (Å²) >= 11 is 0. The molecule has 282 valence electrons. The fourth-order valence-electron chi connectivity index (χ4n) is 5.50. The number of hydrogen-bond donors (Lipinski definition) is 0. The summed E-state index contributed by atoms with van der Waals surface area (Å²) in [5, 5.41) is 0. The molecule has 0 radical (unpaired) electrons. The number of pyridine rings is 1. The van der Waals surface area contributed by atoms with Gasteiger partial charge >= 0.3 is 12.5 Å². The fourth-order valence-corrected chi connectivity index (χ4v) is 5.50. The topological polar surface area (TPSA) is 127 Å². The highest BCUT2D eigenvalue weighted by atomic mass is 16.7. The molecule has 54 heavy (non-hydrogen) atoms. The van der Waals surface area contributed by atoms with Crippen molar-refractivity contribution in [2.75, 3.05) is 35.2 Å². The van der Waals surface area contributed by atoms with Crippen LogP contribution in [0.3, 0.4) is 0 Å². The van der Waals surface area contributed by atoms with Crippen LogP contribution in [0.5, 0.6) is 34.8 Å². The van der Waals surface area contributed by atoms with Crippen molar-refractivity contribution in [2.24, 2.45) is 0 Å². The van der Waals surface area contributed by atoms with Gasteiger partial charge in [-0.3, -0.25) is 9.69 Å². The maximum Gasteiger partial charge on any atom is 0.413 e. The Hall–Kier alpha value is -6.47. The van der Waals surface area contributed by atoms with Gasteiger partial charge in [0.15, 0.2) is 0 Å². The van der Waals surface area contributed by atoms with E-state index in [0.717, 1.165) is 22.3 Å². The SMILES string of the molecule is COc1cccc(CN(Cc2cccc(OC)c2)C(=O)OCOc2cccc(OC(OC=O)N(Cc3cccc(OC)c3)Cc3cccc(OC)c3)n2)c1. The number of ether oxygens (including phenoxy) is 8. The van der Waals surface area contributed by atoms with E-state index in [9.17, 15) is 9.59 Å². The molecular weight excluding hydrogens is 694 g/mol. The first-order valence-corrected chi connectivity index (χ1v) is 16.9. The Morgan fingerprint density at radius 2 is 1.04 bits per heavy atom. The minimum absolute atomic E-state index is 0.102. The Bertz CT molecular complexity index is 1860. The first kappa shape index (κ1) is 38.8. The van der Waals surface area contributed by atoms with Crippen molar-refractivity contribution in [3.8, 4) is 34.8 Å². The number of nitrogens with zero attached hydrogens (tertiary/aromatic N) is 3. The number of methoxy groups -OCH3 is 4. The summed E-state index contributed by atoms with van der Waals surface area (Å²) in [6.07, 6.45) is -1.81. The summed E-state index contributed by atoms with van der Waals surface area (Å²) in [5.41, 5.74) is 3.47. The minimum Gasteiger partial charge on any atom is -0.497 e. The molecule has 0 saturated heterocycles. The lowest BCUT2D eigenvalue weighted by molar-refractivity contribution is -0.185. The van der Waals surface area contributed by atoms with Crippen LogP contribution in [0.2, 0.25) is 0 Å². The van der Waals surface area contributed by atoms with Crippen molar-refractivity contribution in [2.45, 2.75) is 32.6 Å². The number of carbonyl (C=O) groups excluding carboxylic acids is 2. The molecule has 0 saturated carbocycles. The Labute approximate surface area is 314 Å². The Balaban J connectivity index is 1.28. The lowest BCUT2D eigenvalue weighted by Crippen LogP contribution is -2.40. The second-order valence-corrected chi connectivity index (χ2v) is 11.8. The second-order valence-electron chi connectivity index (χ2n) is 11.8. The molecule has 1 unspecified atom stereocenters. The van der Waals surface area contributed by atoms with Crippen LogP contribution in [-0.4, -0.2) is 69.0 Å². The van der Waals surface area contributed by atoms with Crippen LogP contribution in [0.4, 0.5) is 4.79 Å². The molecule has 0 aliphatic carbocycles. The Morgan fingerprint density at radius 3 is 1.48 bits per heavy atom. The Kier molecular flexibility index (Phi) is 14.3. The first-order valence-electron chi connectivity index (χ1n) is 16.9. The number of benzene rings is 4. The molecule has 1 aromatic heterocycles. The van der Waals surface area contributed by atoms with E-state index in [1.807, 2.05) is 102 Å². The summed E-state index contributed by atoms with van der Waals surface area (Å²) < 4.78 is 44.4. The van der Waals surface area contributed by atoms with E-state index in [0.29, 0.717) is 42.6 Å². The summed E-state index contributed by atoms with van der Waals surface area (Å²) in [4.78, 5) is 33.0. The summed E-state index contributed by atoms with van der Waals surface area (Å²) in [5.74, 6) is 2.91. The zero-order valence-corrected chi connectivity index (χ0v) is 30.6. The van der Waals surface area contributed by atoms with Crippen LogP contribution >= 0.6 is 0 Å². The van der Waals surface area contributed by atoms with Crippen LogP contribution < -0.4 is 28.4 Å². The number of carbonyl (C=O) groups is 2. The molecule has 13 heteroatoms. The molecule has 0 fully saturated rings. The molecule has 0 bridgehead atoms.